The number of alkyl halides is 3. The molecular weight excluding hydrogens is 594 g/mol. The zero-order chi connectivity index (χ0) is 31.3. The summed E-state index contributed by atoms with van der Waals surface area (Å²) in [5.41, 5.74) is 2.64. The molecule has 5 rings (SSSR count). The van der Waals surface area contributed by atoms with Crippen LogP contribution >= 0.6 is 0 Å². The van der Waals surface area contributed by atoms with E-state index in [9.17, 15) is 30.8 Å². The van der Waals surface area contributed by atoms with E-state index in [1.54, 1.807) is 0 Å². The van der Waals surface area contributed by atoms with E-state index in [0.717, 1.165) is 68.1 Å². The number of hydrogen-bond acceptors (Lipinski definition) is 4. The van der Waals surface area contributed by atoms with Gasteiger partial charge in [0.25, 0.3) is 0 Å². The molecule has 0 saturated heterocycles. The number of nitrogens with one attached hydrogen (secondary N) is 3. The molecule has 3 aromatic rings. The summed E-state index contributed by atoms with van der Waals surface area (Å²) in [6.07, 6.45) is 3.41. The van der Waals surface area contributed by atoms with Gasteiger partial charge in [-0.05, 0) is 97.7 Å². The highest BCUT2D eigenvalue weighted by molar-refractivity contribution is 7.89. The number of fused-ring (bicyclic) bond motifs is 1. The van der Waals surface area contributed by atoms with Crippen LogP contribution in [0.3, 0.4) is 0 Å². The second-order valence-corrected chi connectivity index (χ2v) is 13.4. The minimum Gasteiger partial charge on any atom is -0.349 e. The number of hydrogen-bond donors (Lipinski definition) is 3. The van der Waals surface area contributed by atoms with Crippen molar-refractivity contribution >= 4 is 15.9 Å². The average molecular weight is 632 g/mol. The van der Waals surface area contributed by atoms with E-state index < -0.39 is 44.4 Å². The highest BCUT2D eigenvalue weighted by Gasteiger charge is 2.33. The van der Waals surface area contributed by atoms with Gasteiger partial charge in [0.15, 0.2) is 0 Å². The summed E-state index contributed by atoms with van der Waals surface area (Å²) in [5, 5.41) is 6.67. The van der Waals surface area contributed by atoms with Crippen molar-refractivity contribution in [3.8, 4) is 0 Å². The third-order valence-corrected chi connectivity index (χ3v) is 9.96. The summed E-state index contributed by atoms with van der Waals surface area (Å²) in [6, 6.07) is 13.9. The van der Waals surface area contributed by atoms with Crippen LogP contribution in [0.1, 0.15) is 84.8 Å². The van der Waals surface area contributed by atoms with Gasteiger partial charge in [0.1, 0.15) is 5.82 Å². The van der Waals surface area contributed by atoms with Crippen molar-refractivity contribution in [2.45, 2.75) is 87.0 Å². The maximum atomic E-state index is 13.7. The Labute approximate surface area is 255 Å². The van der Waals surface area contributed by atoms with Crippen molar-refractivity contribution in [2.24, 2.45) is 0 Å². The van der Waals surface area contributed by atoms with Crippen LogP contribution in [-0.4, -0.2) is 26.9 Å². The maximum absolute atomic E-state index is 13.7. The molecule has 1 fully saturated rings. The molecule has 236 valence electrons. The second-order valence-electron chi connectivity index (χ2n) is 11.7. The van der Waals surface area contributed by atoms with Gasteiger partial charge in [-0.25, -0.2) is 17.5 Å². The van der Waals surface area contributed by atoms with Crippen molar-refractivity contribution in [1.82, 2.24) is 15.4 Å². The van der Waals surface area contributed by atoms with E-state index in [1.807, 2.05) is 0 Å². The molecule has 0 unspecified atom stereocenters. The molecule has 0 bridgehead atoms. The van der Waals surface area contributed by atoms with Crippen molar-refractivity contribution in [1.29, 1.82) is 0 Å². The number of carbonyl (C=O) groups is 1. The largest absolute Gasteiger partial charge is 0.416 e. The van der Waals surface area contributed by atoms with E-state index in [1.165, 1.54) is 48.9 Å². The Morgan fingerprint density at radius 3 is 2.41 bits per heavy atom. The predicted octanol–water partition coefficient (Wildman–Crippen LogP) is 6.52. The Morgan fingerprint density at radius 2 is 1.68 bits per heavy atom. The Balaban J connectivity index is 1.28. The highest BCUT2D eigenvalue weighted by atomic mass is 32.2. The van der Waals surface area contributed by atoms with Crippen molar-refractivity contribution < 1.29 is 30.8 Å². The van der Waals surface area contributed by atoms with Gasteiger partial charge in [0.2, 0.25) is 15.9 Å². The van der Waals surface area contributed by atoms with Crippen LogP contribution in [0.5, 0.6) is 0 Å². The number of aryl methyl sites for hydroxylation is 1. The Morgan fingerprint density at radius 1 is 0.932 bits per heavy atom. The minimum atomic E-state index is -4.73. The molecule has 0 spiro atoms. The first-order valence-corrected chi connectivity index (χ1v) is 16.6. The van der Waals surface area contributed by atoms with Gasteiger partial charge in [-0.15, -0.1) is 0 Å². The third-order valence-electron chi connectivity index (χ3n) is 8.49. The first-order chi connectivity index (χ1) is 21.0. The molecule has 1 saturated carbocycles. The fourth-order valence-electron chi connectivity index (χ4n) is 6.18. The minimum absolute atomic E-state index is 0.258. The molecule has 1 amide bonds. The van der Waals surface area contributed by atoms with Gasteiger partial charge >= 0.3 is 6.18 Å². The lowest BCUT2D eigenvalue weighted by Crippen LogP contribution is -2.36. The normalized spacial score (nSPS) is 18.1. The molecule has 2 atom stereocenters. The summed E-state index contributed by atoms with van der Waals surface area (Å²) in [5.74, 6) is -0.987. The van der Waals surface area contributed by atoms with Gasteiger partial charge in [-0.2, -0.15) is 13.2 Å². The average Bonchev–Trinajstić information content (AvgIpc) is 3.50. The van der Waals surface area contributed by atoms with Crippen molar-refractivity contribution in [3.05, 3.63) is 100 Å². The van der Waals surface area contributed by atoms with E-state index in [4.69, 9.17) is 0 Å². The summed E-state index contributed by atoms with van der Waals surface area (Å²) in [4.78, 5) is 12.7. The summed E-state index contributed by atoms with van der Waals surface area (Å²) in [7, 11) is -4.47. The molecule has 6 nitrogen and oxygen atoms in total. The lowest BCUT2D eigenvalue weighted by atomic mass is 9.86. The summed E-state index contributed by atoms with van der Waals surface area (Å²) < 4.78 is 82.2. The molecule has 3 aromatic carbocycles. The van der Waals surface area contributed by atoms with E-state index in [0.29, 0.717) is 17.7 Å². The highest BCUT2D eigenvalue weighted by Crippen LogP contribution is 2.33. The number of rotatable bonds is 11. The third kappa shape index (κ3) is 8.25. The van der Waals surface area contributed by atoms with Gasteiger partial charge < -0.3 is 10.6 Å². The lowest BCUT2D eigenvalue weighted by Gasteiger charge is -2.28. The molecule has 0 heterocycles. The number of halogens is 4. The molecule has 0 aliphatic heterocycles. The summed E-state index contributed by atoms with van der Waals surface area (Å²) >= 11 is 0. The standard InChI is InChI=1S/C33H37F4N3O3S/c34-26-14-12-23(13-15-26)31(40-44(42,43)28-9-4-6-25(20-28)33(35,36)37)21-32(41)39-30-10-3-5-24-19-22(11-16-29(24)30)17-18-38-27-7-1-2-8-27/h4,6,9,11-16,19-20,27,30-31,38,40H,1-3,5,7-8,10,17-18,21H2,(H,39,41)/t30-,31-/m1/s1. The Hall–Kier alpha value is -3.28. The van der Waals surface area contributed by atoms with Crippen molar-refractivity contribution in [2.75, 3.05) is 6.54 Å². The number of sulfonamides is 1. The van der Waals surface area contributed by atoms with Crippen LogP contribution < -0.4 is 15.4 Å². The first-order valence-electron chi connectivity index (χ1n) is 15.1. The monoisotopic (exact) mass is 631 g/mol. The smallest absolute Gasteiger partial charge is 0.349 e. The topological polar surface area (TPSA) is 87.3 Å². The summed E-state index contributed by atoms with van der Waals surface area (Å²) in [6.45, 7) is 0.921. The van der Waals surface area contributed by atoms with Crippen LogP contribution in [0.4, 0.5) is 17.6 Å². The van der Waals surface area contributed by atoms with Crippen molar-refractivity contribution in [3.63, 3.8) is 0 Å². The molecule has 2 aliphatic carbocycles. The quantitative estimate of drug-likeness (QED) is 0.210. The zero-order valence-corrected chi connectivity index (χ0v) is 25.1. The van der Waals surface area contributed by atoms with Crippen LogP contribution in [0.25, 0.3) is 0 Å². The van der Waals surface area contributed by atoms with Gasteiger partial charge in [0, 0.05) is 12.5 Å². The first kappa shape index (κ1) is 32.1. The fraction of sp³-hybridized carbons (Fsp3) is 0.424. The zero-order valence-electron chi connectivity index (χ0n) is 24.3. The van der Waals surface area contributed by atoms with Crippen LogP contribution in [0, 0.1) is 5.82 Å². The number of carbonyl (C=O) groups excluding carboxylic acids is 1. The molecule has 11 heteroatoms. The Kier molecular flexibility index (Phi) is 10.1. The van der Waals surface area contributed by atoms with E-state index in [2.05, 4.69) is 33.6 Å². The van der Waals surface area contributed by atoms with Crippen LogP contribution in [0.2, 0.25) is 0 Å². The number of benzene rings is 3. The predicted molar refractivity (Wildman–Crippen MR) is 160 cm³/mol. The maximum Gasteiger partial charge on any atom is 0.416 e. The van der Waals surface area contributed by atoms with Gasteiger partial charge in [0.05, 0.1) is 22.5 Å². The van der Waals surface area contributed by atoms with Crippen LogP contribution in [0.15, 0.2) is 71.6 Å². The molecule has 2 aliphatic rings. The Bertz CT molecular complexity index is 1560. The second kappa shape index (κ2) is 13.8. The molecule has 3 N–H and O–H groups in total. The fourth-order valence-corrected chi connectivity index (χ4v) is 7.45. The molecule has 0 radical (unpaired) electrons. The van der Waals surface area contributed by atoms with Gasteiger partial charge in [-0.3, -0.25) is 4.79 Å². The molecule has 44 heavy (non-hydrogen) atoms. The van der Waals surface area contributed by atoms with Gasteiger partial charge in [-0.1, -0.05) is 49.2 Å². The lowest BCUT2D eigenvalue weighted by molar-refractivity contribution is -0.137. The molecule has 0 aromatic heterocycles. The number of amides is 1. The van der Waals surface area contributed by atoms with Crippen LogP contribution in [-0.2, 0) is 33.8 Å². The van der Waals surface area contributed by atoms with E-state index in [-0.39, 0.29) is 12.5 Å². The van der Waals surface area contributed by atoms with E-state index >= 15 is 0 Å². The SMILES string of the molecule is O=C(C[C@@H](NS(=O)(=O)c1cccc(C(F)(F)F)c1)c1ccc(F)cc1)N[C@@H]1CCCc2cc(CCNC3CCCC3)ccc21. The molecular formula is C33H37F4N3O3S.